The Morgan fingerprint density at radius 3 is 2.80 bits per heavy atom. The van der Waals surface area contributed by atoms with Gasteiger partial charge in [0, 0.05) is 26.2 Å². The molecule has 15 heavy (non-hydrogen) atoms. The summed E-state index contributed by atoms with van der Waals surface area (Å²) in [5.74, 6) is 1.32. The van der Waals surface area contributed by atoms with Crippen LogP contribution in [0.2, 0.25) is 0 Å². The minimum absolute atomic E-state index is 0.0400. The van der Waals surface area contributed by atoms with E-state index in [1.54, 1.807) is 6.20 Å². The fourth-order valence-corrected chi connectivity index (χ4v) is 2.85. The number of rotatable bonds is 1. The molecule has 0 saturated carbocycles. The highest BCUT2D eigenvalue weighted by atomic mass is 32.1. The van der Waals surface area contributed by atoms with E-state index in [0.29, 0.717) is 17.5 Å². The van der Waals surface area contributed by atoms with Crippen molar-refractivity contribution in [1.82, 2.24) is 19.0 Å². The molecule has 1 aromatic rings. The number of carbonyl (C=O) groups is 1. The van der Waals surface area contributed by atoms with E-state index in [4.69, 9.17) is 0 Å². The standard InChI is InChI=1S/C9H12N4OS/c14-9(8-3-11-15-12-8)13-4-6-1-10-2-7(6)5-13/h3,6-7,10H,1-2,4-5H2/t6-,7+. The Bertz CT molecular complexity index is 354. The number of hydrogen-bond donors (Lipinski definition) is 1. The summed E-state index contributed by atoms with van der Waals surface area (Å²) in [4.78, 5) is 13.9. The molecule has 2 aliphatic rings. The molecule has 2 fully saturated rings. The van der Waals surface area contributed by atoms with E-state index >= 15 is 0 Å². The van der Waals surface area contributed by atoms with Gasteiger partial charge in [0.25, 0.3) is 5.91 Å². The molecule has 0 aliphatic carbocycles. The normalized spacial score (nSPS) is 29.5. The summed E-state index contributed by atoms with van der Waals surface area (Å²) in [6.45, 7) is 3.83. The van der Waals surface area contributed by atoms with Crippen LogP contribution in [-0.4, -0.2) is 45.7 Å². The van der Waals surface area contributed by atoms with Crippen LogP contribution >= 0.6 is 11.7 Å². The van der Waals surface area contributed by atoms with Gasteiger partial charge in [-0.3, -0.25) is 4.79 Å². The molecule has 0 spiro atoms. The van der Waals surface area contributed by atoms with E-state index in [0.717, 1.165) is 37.9 Å². The summed E-state index contributed by atoms with van der Waals surface area (Å²) in [6.07, 6.45) is 1.55. The van der Waals surface area contributed by atoms with Crippen molar-refractivity contribution in [2.75, 3.05) is 26.2 Å². The van der Waals surface area contributed by atoms with Crippen molar-refractivity contribution in [3.63, 3.8) is 0 Å². The lowest BCUT2D eigenvalue weighted by molar-refractivity contribution is 0.0777. The van der Waals surface area contributed by atoms with Gasteiger partial charge < -0.3 is 10.2 Å². The third kappa shape index (κ3) is 1.53. The predicted molar refractivity (Wildman–Crippen MR) is 55.7 cm³/mol. The van der Waals surface area contributed by atoms with Gasteiger partial charge in [-0.15, -0.1) is 0 Å². The van der Waals surface area contributed by atoms with Gasteiger partial charge in [0.15, 0.2) is 5.69 Å². The summed E-state index contributed by atoms with van der Waals surface area (Å²) in [6, 6.07) is 0. The van der Waals surface area contributed by atoms with Crippen molar-refractivity contribution in [2.24, 2.45) is 11.8 Å². The number of likely N-dealkylation sites (tertiary alicyclic amines) is 1. The Balaban J connectivity index is 1.72. The number of nitrogens with zero attached hydrogens (tertiary/aromatic N) is 3. The summed E-state index contributed by atoms with van der Waals surface area (Å²) in [5.41, 5.74) is 0.493. The SMILES string of the molecule is O=C(c1cnsn1)N1C[C@H]2CNC[C@H]2C1. The predicted octanol–water partition coefficient (Wildman–Crippen LogP) is -0.171. The molecule has 2 aliphatic heterocycles. The molecular formula is C9H12N4OS. The molecule has 0 unspecified atom stereocenters. The molecule has 6 heteroatoms. The molecule has 0 aromatic carbocycles. The number of aromatic nitrogens is 2. The quantitative estimate of drug-likeness (QED) is 0.719. The zero-order valence-electron chi connectivity index (χ0n) is 8.22. The molecule has 1 amide bonds. The Labute approximate surface area is 91.8 Å². The van der Waals surface area contributed by atoms with E-state index in [1.807, 2.05) is 4.90 Å². The van der Waals surface area contributed by atoms with Crippen LogP contribution in [0.25, 0.3) is 0 Å². The Hall–Kier alpha value is -1.01. The van der Waals surface area contributed by atoms with E-state index in [1.165, 1.54) is 0 Å². The van der Waals surface area contributed by atoms with Crippen LogP contribution in [0.4, 0.5) is 0 Å². The van der Waals surface area contributed by atoms with Gasteiger partial charge in [-0.05, 0) is 11.8 Å². The zero-order chi connectivity index (χ0) is 10.3. The van der Waals surface area contributed by atoms with Gasteiger partial charge in [-0.1, -0.05) is 0 Å². The first-order valence-electron chi connectivity index (χ1n) is 5.12. The average molecular weight is 224 g/mol. The first kappa shape index (κ1) is 9.23. The van der Waals surface area contributed by atoms with E-state index in [9.17, 15) is 4.79 Å². The van der Waals surface area contributed by atoms with Crippen LogP contribution in [0.1, 0.15) is 10.5 Å². The zero-order valence-corrected chi connectivity index (χ0v) is 9.04. The fourth-order valence-electron chi connectivity index (χ4n) is 2.44. The second kappa shape index (κ2) is 3.53. The molecule has 3 rings (SSSR count). The monoisotopic (exact) mass is 224 g/mol. The van der Waals surface area contributed by atoms with Gasteiger partial charge in [0.05, 0.1) is 17.9 Å². The Morgan fingerprint density at radius 2 is 2.20 bits per heavy atom. The molecule has 1 aromatic heterocycles. The highest BCUT2D eigenvalue weighted by Gasteiger charge is 2.38. The molecule has 80 valence electrons. The van der Waals surface area contributed by atoms with Crippen molar-refractivity contribution in [1.29, 1.82) is 0 Å². The molecule has 5 nitrogen and oxygen atoms in total. The first-order chi connectivity index (χ1) is 7.34. The number of hydrogen-bond acceptors (Lipinski definition) is 5. The smallest absolute Gasteiger partial charge is 0.275 e. The Morgan fingerprint density at radius 1 is 1.47 bits per heavy atom. The number of fused-ring (bicyclic) bond motifs is 1. The first-order valence-corrected chi connectivity index (χ1v) is 5.85. The van der Waals surface area contributed by atoms with Crippen molar-refractivity contribution in [3.05, 3.63) is 11.9 Å². The van der Waals surface area contributed by atoms with E-state index < -0.39 is 0 Å². The largest absolute Gasteiger partial charge is 0.337 e. The maximum atomic E-state index is 11.9. The number of nitrogens with one attached hydrogen (secondary N) is 1. The van der Waals surface area contributed by atoms with Crippen molar-refractivity contribution < 1.29 is 4.79 Å². The molecule has 0 radical (unpaired) electrons. The molecule has 2 saturated heterocycles. The third-order valence-corrected chi connectivity index (χ3v) is 3.74. The van der Waals surface area contributed by atoms with Crippen molar-refractivity contribution in [2.45, 2.75) is 0 Å². The second-order valence-corrected chi connectivity index (χ2v) is 4.74. The third-order valence-electron chi connectivity index (χ3n) is 3.26. The van der Waals surface area contributed by atoms with Crippen LogP contribution in [0.5, 0.6) is 0 Å². The number of amides is 1. The summed E-state index contributed by atoms with van der Waals surface area (Å²) >= 11 is 1.09. The van der Waals surface area contributed by atoms with Crippen LogP contribution in [-0.2, 0) is 0 Å². The topological polar surface area (TPSA) is 58.1 Å². The average Bonchev–Trinajstić information content (AvgIpc) is 2.92. The Kier molecular flexibility index (Phi) is 2.17. The minimum Gasteiger partial charge on any atom is -0.337 e. The maximum Gasteiger partial charge on any atom is 0.275 e. The lowest BCUT2D eigenvalue weighted by atomic mass is 10.0. The summed E-state index contributed by atoms with van der Waals surface area (Å²) < 4.78 is 7.84. The van der Waals surface area contributed by atoms with Gasteiger partial charge in [-0.25, -0.2) is 0 Å². The fraction of sp³-hybridized carbons (Fsp3) is 0.667. The highest BCUT2D eigenvalue weighted by molar-refractivity contribution is 6.99. The van der Waals surface area contributed by atoms with Crippen LogP contribution in [0, 0.1) is 11.8 Å². The molecular weight excluding hydrogens is 212 g/mol. The second-order valence-electron chi connectivity index (χ2n) is 4.18. The van der Waals surface area contributed by atoms with Crippen molar-refractivity contribution in [3.8, 4) is 0 Å². The number of carbonyl (C=O) groups excluding carboxylic acids is 1. The van der Waals surface area contributed by atoms with Crippen LogP contribution in [0.3, 0.4) is 0 Å². The minimum atomic E-state index is 0.0400. The van der Waals surface area contributed by atoms with Gasteiger partial charge in [-0.2, -0.15) is 8.75 Å². The molecule has 1 N–H and O–H groups in total. The van der Waals surface area contributed by atoms with Gasteiger partial charge in [0.2, 0.25) is 0 Å². The van der Waals surface area contributed by atoms with Crippen LogP contribution < -0.4 is 5.32 Å². The molecule has 0 bridgehead atoms. The van der Waals surface area contributed by atoms with E-state index in [2.05, 4.69) is 14.1 Å². The van der Waals surface area contributed by atoms with Gasteiger partial charge in [0.1, 0.15) is 0 Å². The maximum absolute atomic E-state index is 11.9. The highest BCUT2D eigenvalue weighted by Crippen LogP contribution is 2.27. The molecule has 2 atom stereocenters. The lowest BCUT2D eigenvalue weighted by Gasteiger charge is -2.15. The summed E-state index contributed by atoms with van der Waals surface area (Å²) in [5, 5.41) is 3.35. The van der Waals surface area contributed by atoms with Crippen LogP contribution in [0.15, 0.2) is 6.20 Å². The van der Waals surface area contributed by atoms with Crippen molar-refractivity contribution >= 4 is 17.6 Å². The van der Waals surface area contributed by atoms with Gasteiger partial charge >= 0.3 is 0 Å². The molecule has 3 heterocycles. The lowest BCUT2D eigenvalue weighted by Crippen LogP contribution is -2.32. The summed E-state index contributed by atoms with van der Waals surface area (Å²) in [7, 11) is 0. The van der Waals surface area contributed by atoms with E-state index in [-0.39, 0.29) is 5.91 Å².